The summed E-state index contributed by atoms with van der Waals surface area (Å²) in [7, 11) is 4.92. The van der Waals surface area contributed by atoms with Crippen molar-refractivity contribution in [2.45, 2.75) is 118 Å². The Morgan fingerprint density at radius 1 is 0.600 bits per heavy atom. The zero-order chi connectivity index (χ0) is 55.6. The van der Waals surface area contributed by atoms with Crippen molar-refractivity contribution in [1.82, 2.24) is 4.90 Å². The molecule has 0 spiro atoms. The highest BCUT2D eigenvalue weighted by atomic mass is 16.6. The van der Waals surface area contributed by atoms with Gasteiger partial charge in [0.15, 0.2) is 0 Å². The fraction of sp³-hybridized carbons (Fsp3) is 0.567. The molecule has 1 aliphatic carbocycles. The van der Waals surface area contributed by atoms with E-state index in [1.165, 1.54) is 0 Å². The van der Waals surface area contributed by atoms with Crippen molar-refractivity contribution in [3.63, 3.8) is 0 Å². The second kappa shape index (κ2) is 32.5. The molecule has 1 heterocycles. The molecule has 75 heavy (non-hydrogen) atoms. The number of hydrogen-bond acceptors (Lipinski definition) is 14. The number of ether oxygens (including phenoxy) is 10. The number of esters is 3. The number of allylic oxidation sites excluding steroid dienone is 2. The van der Waals surface area contributed by atoms with Gasteiger partial charge >= 0.3 is 24.0 Å². The first kappa shape index (κ1) is 63.4. The molecule has 3 aromatic carbocycles. The SMILES string of the molecule is C=C/C=C/c1cccc(OCCOC)c1.CCOC(=O)[C@@H]1[C@@H](c2cccc(OCCOC)c2)CCN(C(=O)OC(C)(C)C)[C@H]1C.CCOC(=O)[C@H]1[C@@H](c2cccc(OCCOC)c2)CCC(C(=O)OC(C)(C)C)[C@H]1C. The summed E-state index contributed by atoms with van der Waals surface area (Å²) in [6.07, 6.45) is 7.24. The molecular formula is C60H87NO14. The van der Waals surface area contributed by atoms with Crippen LogP contribution in [-0.2, 0) is 47.5 Å². The number of amides is 1. The van der Waals surface area contributed by atoms with Gasteiger partial charge in [0.05, 0.1) is 50.8 Å². The first-order valence-electron chi connectivity index (χ1n) is 26.2. The van der Waals surface area contributed by atoms with E-state index in [-0.39, 0.29) is 47.6 Å². The molecule has 1 saturated carbocycles. The number of carbonyl (C=O) groups excluding carboxylic acids is 4. The number of nitrogens with zero attached hydrogens (tertiary/aromatic N) is 1. The molecule has 15 heteroatoms. The van der Waals surface area contributed by atoms with Gasteiger partial charge in [0.2, 0.25) is 0 Å². The number of benzene rings is 3. The van der Waals surface area contributed by atoms with E-state index in [1.54, 1.807) is 46.2 Å². The molecule has 1 unspecified atom stereocenters. The van der Waals surface area contributed by atoms with E-state index in [0.717, 1.165) is 33.9 Å². The fourth-order valence-corrected chi connectivity index (χ4v) is 9.15. The topological polar surface area (TPSA) is 164 Å². The Labute approximate surface area is 447 Å². The molecule has 15 nitrogen and oxygen atoms in total. The number of hydrogen-bond donors (Lipinski definition) is 0. The molecule has 1 aliphatic heterocycles. The van der Waals surface area contributed by atoms with Crippen LogP contribution < -0.4 is 14.2 Å². The highest BCUT2D eigenvalue weighted by Crippen LogP contribution is 2.46. The highest BCUT2D eigenvalue weighted by molar-refractivity contribution is 5.79. The third-order valence-corrected chi connectivity index (χ3v) is 12.5. The van der Waals surface area contributed by atoms with Gasteiger partial charge in [-0.2, -0.15) is 0 Å². The Balaban J connectivity index is 0.000000313. The van der Waals surface area contributed by atoms with Crippen LogP contribution in [0.2, 0.25) is 0 Å². The van der Waals surface area contributed by atoms with Crippen molar-refractivity contribution in [2.24, 2.45) is 23.7 Å². The Kier molecular flexibility index (Phi) is 27.5. The molecule has 2 aliphatic rings. The maximum Gasteiger partial charge on any atom is 0.410 e. The van der Waals surface area contributed by atoms with E-state index in [2.05, 4.69) is 6.58 Å². The first-order valence-corrected chi connectivity index (χ1v) is 26.2. The molecular weight excluding hydrogens is 959 g/mol. The van der Waals surface area contributed by atoms with Gasteiger partial charge in [-0.05, 0) is 147 Å². The van der Waals surface area contributed by atoms with Gasteiger partial charge in [-0.25, -0.2) is 4.79 Å². The van der Waals surface area contributed by atoms with E-state index < -0.39 is 29.1 Å². The summed E-state index contributed by atoms with van der Waals surface area (Å²) in [6, 6.07) is 23.1. The fourth-order valence-electron chi connectivity index (χ4n) is 9.15. The molecule has 3 aromatic rings. The van der Waals surface area contributed by atoms with Gasteiger partial charge in [-0.1, -0.05) is 68.1 Å². The number of piperidine rings is 1. The maximum atomic E-state index is 12.9. The predicted octanol–water partition coefficient (Wildman–Crippen LogP) is 11.3. The molecule has 2 fully saturated rings. The number of methoxy groups -OCH3 is 3. The van der Waals surface area contributed by atoms with Crippen LogP contribution in [0.3, 0.4) is 0 Å². The molecule has 5 rings (SSSR count). The molecule has 0 radical (unpaired) electrons. The van der Waals surface area contributed by atoms with Crippen molar-refractivity contribution in [3.05, 3.63) is 108 Å². The van der Waals surface area contributed by atoms with Crippen molar-refractivity contribution in [2.75, 3.05) is 80.7 Å². The summed E-state index contributed by atoms with van der Waals surface area (Å²) in [5.41, 5.74) is 1.97. The normalized spacial score (nSPS) is 20.5. The molecule has 0 aromatic heterocycles. The minimum atomic E-state index is -0.596. The molecule has 416 valence electrons. The second-order valence-corrected chi connectivity index (χ2v) is 20.4. The van der Waals surface area contributed by atoms with Crippen LogP contribution in [0, 0.1) is 23.7 Å². The minimum Gasteiger partial charge on any atom is -0.491 e. The van der Waals surface area contributed by atoms with Crippen molar-refractivity contribution in [3.8, 4) is 17.2 Å². The van der Waals surface area contributed by atoms with Crippen molar-refractivity contribution >= 4 is 30.1 Å². The first-order chi connectivity index (χ1) is 35.7. The van der Waals surface area contributed by atoms with E-state index >= 15 is 0 Å². The quantitative estimate of drug-likeness (QED) is 0.0428. The average Bonchev–Trinajstić information content (AvgIpc) is 3.35. The van der Waals surface area contributed by atoms with Crippen LogP contribution in [0.4, 0.5) is 4.79 Å². The highest BCUT2D eigenvalue weighted by Gasteiger charge is 2.47. The van der Waals surface area contributed by atoms with Crippen LogP contribution in [0.1, 0.15) is 117 Å². The molecule has 7 atom stereocenters. The van der Waals surface area contributed by atoms with Gasteiger partial charge in [-0.15, -0.1) is 0 Å². The predicted molar refractivity (Wildman–Crippen MR) is 291 cm³/mol. The number of likely N-dealkylation sites (tertiary alicyclic amines) is 1. The summed E-state index contributed by atoms with van der Waals surface area (Å²) in [5, 5.41) is 0. The third kappa shape index (κ3) is 21.7. The lowest BCUT2D eigenvalue weighted by atomic mass is 9.65. The van der Waals surface area contributed by atoms with Gasteiger partial charge in [0, 0.05) is 39.8 Å². The zero-order valence-corrected chi connectivity index (χ0v) is 47.1. The standard InChI is InChI=1S/C24H36O6.C23H35NO6.C13H16O2/c1-7-28-23(26)21-16(2)19(22(25)30-24(3,4)5)11-12-20(21)17-9-8-10-18(15-17)29-14-13-27-6;1-7-28-21(25)20-16(2)24(22(26)30-23(3,4)5)12-11-19(20)17-9-8-10-18(15-17)29-14-13-27-6;1-3-4-6-12-7-5-8-13(11-12)15-10-9-14-2/h8-10,15-16,19-21H,7,11-14H2,1-6H3;8-10,15-16,19-20H,7,11-14H2,1-6H3;3-8,11H,1,9-10H2,2H3/b;;6-4+/t16-,19?,20-,21-;16-,19+,20-;/m10./s1. The zero-order valence-electron chi connectivity index (χ0n) is 47.1. The maximum absolute atomic E-state index is 12.9. The largest absolute Gasteiger partial charge is 0.491 e. The summed E-state index contributed by atoms with van der Waals surface area (Å²) < 4.78 is 53.9. The Morgan fingerprint density at radius 3 is 1.53 bits per heavy atom. The van der Waals surface area contributed by atoms with Crippen LogP contribution in [0.15, 0.2) is 91.5 Å². The van der Waals surface area contributed by atoms with Crippen molar-refractivity contribution < 1.29 is 66.5 Å². The lowest BCUT2D eigenvalue weighted by molar-refractivity contribution is -0.167. The van der Waals surface area contributed by atoms with Crippen LogP contribution >= 0.6 is 0 Å². The van der Waals surface area contributed by atoms with Gasteiger partial charge < -0.3 is 52.3 Å². The lowest BCUT2D eigenvalue weighted by Crippen LogP contribution is -2.53. The Hall–Kier alpha value is -5.90. The third-order valence-electron chi connectivity index (χ3n) is 12.5. The summed E-state index contributed by atoms with van der Waals surface area (Å²) in [5.74, 6) is 0.0223. The van der Waals surface area contributed by atoms with Crippen molar-refractivity contribution in [1.29, 1.82) is 0 Å². The average molecular weight is 1050 g/mol. The molecule has 1 saturated heterocycles. The van der Waals surface area contributed by atoms with E-state index in [9.17, 15) is 19.2 Å². The minimum absolute atomic E-state index is 0.0382. The van der Waals surface area contributed by atoms with E-state index in [0.29, 0.717) is 78.7 Å². The van der Waals surface area contributed by atoms with Gasteiger partial charge in [-0.3, -0.25) is 14.4 Å². The summed E-state index contributed by atoms with van der Waals surface area (Å²) >= 11 is 0. The van der Waals surface area contributed by atoms with Gasteiger partial charge in [0.25, 0.3) is 0 Å². The van der Waals surface area contributed by atoms with E-state index in [4.69, 9.17) is 47.4 Å². The second-order valence-electron chi connectivity index (χ2n) is 20.4. The Bertz CT molecular complexity index is 2110. The molecule has 0 N–H and O–H groups in total. The number of carbonyl (C=O) groups is 4. The number of rotatable bonds is 21. The summed E-state index contributed by atoms with van der Waals surface area (Å²) in [6.45, 7) is 26.4. The van der Waals surface area contributed by atoms with Crippen LogP contribution in [-0.4, -0.2) is 127 Å². The monoisotopic (exact) mass is 1050 g/mol. The molecule has 1 amide bonds. The summed E-state index contributed by atoms with van der Waals surface area (Å²) in [4.78, 5) is 53.0. The van der Waals surface area contributed by atoms with Crippen LogP contribution in [0.25, 0.3) is 6.08 Å². The Morgan fingerprint density at radius 2 is 1.07 bits per heavy atom. The molecule has 0 bridgehead atoms. The van der Waals surface area contributed by atoms with Gasteiger partial charge in [0.1, 0.15) is 48.3 Å². The van der Waals surface area contributed by atoms with Crippen LogP contribution in [0.5, 0.6) is 17.2 Å². The van der Waals surface area contributed by atoms with E-state index in [1.807, 2.05) is 140 Å². The lowest BCUT2D eigenvalue weighted by Gasteiger charge is -2.43. The smallest absolute Gasteiger partial charge is 0.410 e.